The Morgan fingerprint density at radius 1 is 1.09 bits per heavy atom. The van der Waals surface area contributed by atoms with Gasteiger partial charge in [-0.15, -0.1) is 0 Å². The molecule has 9 nitrogen and oxygen atoms in total. The first-order valence-corrected chi connectivity index (χ1v) is 17.2. The van der Waals surface area contributed by atoms with Gasteiger partial charge in [-0.25, -0.2) is 0 Å². The van der Waals surface area contributed by atoms with E-state index in [1.54, 1.807) is 19.1 Å². The number of anilines is 1. The normalized spacial score (nSPS) is 15.0. The number of carbonyl (C=O) groups excluding carboxylic acids is 1. The second kappa shape index (κ2) is 14.4. The van der Waals surface area contributed by atoms with Gasteiger partial charge in [-0.3, -0.25) is 0 Å². The Bertz CT molecular complexity index is 1810. The SMILES string of the molecule is COc1cc2nc(C)nc(N[C@H](C)c3cc(-c4ccccc4CN(C)C(=O)OCc4ccccc4)c[se]3)c2cc1O[C@H]1CCOC1. The van der Waals surface area contributed by atoms with Crippen LogP contribution in [0.25, 0.3) is 22.0 Å². The van der Waals surface area contributed by atoms with E-state index in [0.717, 1.165) is 45.4 Å². The predicted octanol–water partition coefficient (Wildman–Crippen LogP) is 6.78. The van der Waals surface area contributed by atoms with Gasteiger partial charge in [0.1, 0.15) is 0 Å². The van der Waals surface area contributed by atoms with Crippen molar-refractivity contribution in [1.82, 2.24) is 14.9 Å². The number of ether oxygens (including phenoxy) is 4. The van der Waals surface area contributed by atoms with Gasteiger partial charge < -0.3 is 0 Å². The van der Waals surface area contributed by atoms with Crippen LogP contribution < -0.4 is 14.8 Å². The average Bonchev–Trinajstić information content (AvgIpc) is 3.77. The molecule has 0 radical (unpaired) electrons. The molecule has 1 aliphatic heterocycles. The number of methoxy groups -OCH3 is 1. The summed E-state index contributed by atoms with van der Waals surface area (Å²) in [5, 5.41) is 4.53. The van der Waals surface area contributed by atoms with Crippen molar-refractivity contribution in [2.24, 2.45) is 0 Å². The standard InChI is InChI=1S/C36H38N4O5Se/c1-23(37-35-30-17-33(45-28-14-15-43-21-28)32(42-4)18-31(30)38-24(2)39-35)34-16-27(22-46-34)29-13-9-8-12-26(29)19-40(3)36(41)44-20-25-10-6-5-7-11-25/h5-13,16-18,22-23,28H,14-15,19-21H2,1-4H3,(H,37,38,39)/t23-,28+/m1/s1. The number of aromatic nitrogens is 2. The molecule has 238 valence electrons. The number of nitrogens with zero attached hydrogens (tertiary/aromatic N) is 3. The molecule has 2 aromatic heterocycles. The van der Waals surface area contributed by atoms with Gasteiger partial charge >= 0.3 is 270 Å². The van der Waals surface area contributed by atoms with Crippen LogP contribution in [0.3, 0.4) is 0 Å². The summed E-state index contributed by atoms with van der Waals surface area (Å²) in [4.78, 5) is 26.2. The maximum absolute atomic E-state index is 12.8. The third-order valence-electron chi connectivity index (χ3n) is 7.93. The maximum atomic E-state index is 12.8. The van der Waals surface area contributed by atoms with Crippen LogP contribution in [-0.2, 0) is 22.6 Å². The zero-order valence-electron chi connectivity index (χ0n) is 26.5. The van der Waals surface area contributed by atoms with E-state index >= 15 is 0 Å². The molecular weight excluding hydrogens is 647 g/mol. The molecule has 5 aromatic rings. The minimum absolute atomic E-state index is 0.00788. The number of hydrogen-bond donors (Lipinski definition) is 1. The number of rotatable bonds is 11. The summed E-state index contributed by atoms with van der Waals surface area (Å²) in [5.41, 5.74) is 5.09. The first-order chi connectivity index (χ1) is 22.4. The Labute approximate surface area is 275 Å². The van der Waals surface area contributed by atoms with Crippen molar-refractivity contribution in [3.05, 3.63) is 99.1 Å². The van der Waals surface area contributed by atoms with Gasteiger partial charge in [-0.2, -0.15) is 0 Å². The Morgan fingerprint density at radius 2 is 1.89 bits per heavy atom. The number of amides is 1. The molecule has 1 amide bonds. The zero-order valence-corrected chi connectivity index (χ0v) is 28.2. The molecule has 0 saturated carbocycles. The number of hydrogen-bond acceptors (Lipinski definition) is 8. The molecule has 0 bridgehead atoms. The van der Waals surface area contributed by atoms with Gasteiger partial charge in [0.05, 0.1) is 0 Å². The van der Waals surface area contributed by atoms with Crippen LogP contribution in [0, 0.1) is 6.92 Å². The number of carbonyl (C=O) groups is 1. The first-order valence-electron chi connectivity index (χ1n) is 15.3. The minimum atomic E-state index is -0.354. The van der Waals surface area contributed by atoms with Crippen molar-refractivity contribution in [3.63, 3.8) is 0 Å². The fourth-order valence-corrected chi connectivity index (χ4v) is 7.41. The van der Waals surface area contributed by atoms with E-state index in [1.165, 1.54) is 4.44 Å². The van der Waals surface area contributed by atoms with Crippen molar-refractivity contribution in [2.75, 3.05) is 32.7 Å². The fraction of sp³-hybridized carbons (Fsp3) is 0.306. The van der Waals surface area contributed by atoms with Gasteiger partial charge in [0, 0.05) is 0 Å². The average molecular weight is 686 g/mol. The quantitative estimate of drug-likeness (QED) is 0.152. The van der Waals surface area contributed by atoms with Crippen LogP contribution >= 0.6 is 0 Å². The molecule has 1 saturated heterocycles. The molecule has 3 heterocycles. The van der Waals surface area contributed by atoms with Crippen molar-refractivity contribution in [2.45, 2.75) is 45.6 Å². The number of nitrogens with one attached hydrogen (secondary N) is 1. The molecule has 0 aliphatic carbocycles. The molecule has 46 heavy (non-hydrogen) atoms. The molecule has 1 fully saturated rings. The van der Waals surface area contributed by atoms with E-state index in [4.69, 9.17) is 23.9 Å². The first kappa shape index (κ1) is 31.6. The number of benzene rings is 3. The summed E-state index contributed by atoms with van der Waals surface area (Å²) >= 11 is 0.146. The summed E-state index contributed by atoms with van der Waals surface area (Å²) in [7, 11) is 3.41. The fourth-order valence-electron chi connectivity index (χ4n) is 5.49. The van der Waals surface area contributed by atoms with E-state index < -0.39 is 0 Å². The van der Waals surface area contributed by atoms with Crippen molar-refractivity contribution in [1.29, 1.82) is 0 Å². The molecule has 2 atom stereocenters. The van der Waals surface area contributed by atoms with Crippen molar-refractivity contribution >= 4 is 37.3 Å². The number of fused-ring (bicyclic) bond motifs is 1. The van der Waals surface area contributed by atoms with Crippen molar-refractivity contribution in [3.8, 4) is 22.6 Å². The van der Waals surface area contributed by atoms with Gasteiger partial charge in [-0.1, -0.05) is 6.07 Å². The van der Waals surface area contributed by atoms with E-state index in [2.05, 4.69) is 40.4 Å². The summed E-state index contributed by atoms with van der Waals surface area (Å²) in [6.07, 6.45) is 0.482. The van der Waals surface area contributed by atoms with Gasteiger partial charge in [-0.05, 0) is 0 Å². The third kappa shape index (κ3) is 7.36. The van der Waals surface area contributed by atoms with E-state index in [0.29, 0.717) is 37.1 Å². The van der Waals surface area contributed by atoms with Crippen LogP contribution in [0.4, 0.5) is 10.6 Å². The third-order valence-corrected chi connectivity index (χ3v) is 10.3. The van der Waals surface area contributed by atoms with Gasteiger partial charge in [0.2, 0.25) is 0 Å². The van der Waals surface area contributed by atoms with Crippen LogP contribution in [0.5, 0.6) is 11.5 Å². The van der Waals surface area contributed by atoms with Crippen LogP contribution in [0.15, 0.2) is 77.7 Å². The Balaban J connectivity index is 1.18. The molecule has 0 spiro atoms. The van der Waals surface area contributed by atoms with Crippen LogP contribution in [0.2, 0.25) is 0 Å². The second-order valence-corrected chi connectivity index (χ2v) is 13.4. The Morgan fingerprint density at radius 3 is 2.67 bits per heavy atom. The summed E-state index contributed by atoms with van der Waals surface area (Å²) in [5.74, 6) is 2.73. The molecule has 0 unspecified atom stereocenters. The molecule has 6 rings (SSSR count). The van der Waals surface area contributed by atoms with Crippen LogP contribution in [0.1, 0.15) is 40.8 Å². The van der Waals surface area contributed by atoms with Crippen LogP contribution in [-0.4, -0.2) is 68.9 Å². The summed E-state index contributed by atoms with van der Waals surface area (Å²) < 4.78 is 24.3. The van der Waals surface area contributed by atoms with E-state index in [-0.39, 0.29) is 39.3 Å². The molecule has 3 aromatic carbocycles. The van der Waals surface area contributed by atoms with E-state index in [1.807, 2.05) is 61.5 Å². The van der Waals surface area contributed by atoms with Gasteiger partial charge in [0.25, 0.3) is 0 Å². The zero-order chi connectivity index (χ0) is 32.0. The Kier molecular flexibility index (Phi) is 9.88. The predicted molar refractivity (Wildman–Crippen MR) is 180 cm³/mol. The molecule has 1 aliphatic rings. The molecule has 1 N–H and O–H groups in total. The topological polar surface area (TPSA) is 95.0 Å². The summed E-state index contributed by atoms with van der Waals surface area (Å²) in [6, 6.07) is 24.1. The second-order valence-electron chi connectivity index (χ2n) is 11.4. The molecular formula is C36H38N4O5Se. The molecule has 10 heteroatoms. The summed E-state index contributed by atoms with van der Waals surface area (Å²) in [6.45, 7) is 6.01. The van der Waals surface area contributed by atoms with Gasteiger partial charge in [0.15, 0.2) is 0 Å². The Hall–Kier alpha value is -4.37. The number of aryl methyl sites for hydroxylation is 1. The van der Waals surface area contributed by atoms with Crippen molar-refractivity contribution < 1.29 is 23.7 Å². The monoisotopic (exact) mass is 686 g/mol. The van der Waals surface area contributed by atoms with E-state index in [9.17, 15) is 4.79 Å².